The molecule has 1 aromatic rings. The Hall–Kier alpha value is -2.43. The molecule has 2 bridgehead atoms. The van der Waals surface area contributed by atoms with E-state index < -0.39 is 4.92 Å². The van der Waals surface area contributed by atoms with Crippen LogP contribution in [0.4, 0.5) is 5.69 Å². The van der Waals surface area contributed by atoms with Gasteiger partial charge in [0.05, 0.1) is 12.0 Å². The maximum Gasteiger partial charge on any atom is 0.334 e. The number of hydrogen-bond acceptors (Lipinski definition) is 4. The Labute approximate surface area is 115 Å². The molecule has 0 saturated carbocycles. The highest BCUT2D eigenvalue weighted by Gasteiger charge is 2.39. The van der Waals surface area contributed by atoms with Gasteiger partial charge in [0.2, 0.25) is 0 Å². The average molecular weight is 271 g/mol. The Morgan fingerprint density at radius 1 is 1.25 bits per heavy atom. The molecule has 0 N–H and O–H groups in total. The first kappa shape index (κ1) is 12.6. The van der Waals surface area contributed by atoms with Gasteiger partial charge in [-0.25, -0.2) is 4.79 Å². The van der Waals surface area contributed by atoms with Crippen molar-refractivity contribution in [2.45, 2.75) is 6.42 Å². The van der Waals surface area contributed by atoms with Crippen molar-refractivity contribution in [2.24, 2.45) is 11.8 Å². The van der Waals surface area contributed by atoms with Gasteiger partial charge in [0.15, 0.2) is 0 Å². The van der Waals surface area contributed by atoms with Crippen molar-refractivity contribution in [1.82, 2.24) is 0 Å². The molecule has 0 fully saturated rings. The minimum absolute atomic E-state index is 0.0488. The van der Waals surface area contributed by atoms with Gasteiger partial charge in [-0.1, -0.05) is 12.2 Å². The molecule has 20 heavy (non-hydrogen) atoms. The van der Waals surface area contributed by atoms with Crippen LogP contribution in [0.25, 0.3) is 5.57 Å². The second-order valence-corrected chi connectivity index (χ2v) is 4.96. The number of benzene rings is 1. The Kier molecular flexibility index (Phi) is 2.89. The molecule has 0 radical (unpaired) electrons. The quantitative estimate of drug-likeness (QED) is 0.367. The van der Waals surface area contributed by atoms with E-state index in [1.807, 2.05) is 6.08 Å². The standard InChI is InChI=1S/C15H13NO4/c1-20-15(17)14-11-3-2-10(8-11)13(14)9-4-6-12(7-5-9)16(18)19/h2-7,10-11H,8H2,1H3. The first-order valence-electron chi connectivity index (χ1n) is 6.37. The van der Waals surface area contributed by atoms with Crippen LogP contribution in [0.3, 0.4) is 0 Å². The number of non-ortho nitro benzene ring substituents is 1. The van der Waals surface area contributed by atoms with Crippen molar-refractivity contribution in [3.63, 3.8) is 0 Å². The predicted molar refractivity (Wildman–Crippen MR) is 72.8 cm³/mol. The second-order valence-electron chi connectivity index (χ2n) is 4.96. The lowest BCUT2D eigenvalue weighted by molar-refractivity contribution is -0.384. The Bertz CT molecular complexity index is 642. The summed E-state index contributed by atoms with van der Waals surface area (Å²) in [7, 11) is 1.37. The summed E-state index contributed by atoms with van der Waals surface area (Å²) >= 11 is 0. The number of carbonyl (C=O) groups is 1. The molecule has 0 amide bonds. The molecule has 1 aromatic carbocycles. The largest absolute Gasteiger partial charge is 0.466 e. The zero-order valence-corrected chi connectivity index (χ0v) is 10.9. The van der Waals surface area contributed by atoms with Gasteiger partial charge in [-0.2, -0.15) is 0 Å². The van der Waals surface area contributed by atoms with E-state index in [2.05, 4.69) is 6.08 Å². The van der Waals surface area contributed by atoms with Crippen molar-refractivity contribution in [3.8, 4) is 0 Å². The molecule has 0 aliphatic heterocycles. The van der Waals surface area contributed by atoms with E-state index >= 15 is 0 Å². The fourth-order valence-corrected chi connectivity index (χ4v) is 3.03. The van der Waals surface area contributed by atoms with Crippen molar-refractivity contribution in [2.75, 3.05) is 7.11 Å². The topological polar surface area (TPSA) is 69.4 Å². The van der Waals surface area contributed by atoms with Crippen LogP contribution in [-0.4, -0.2) is 18.0 Å². The highest BCUT2D eigenvalue weighted by Crippen LogP contribution is 2.48. The molecule has 5 nitrogen and oxygen atoms in total. The number of nitro benzene ring substituents is 1. The smallest absolute Gasteiger partial charge is 0.334 e. The molecular formula is C15H13NO4. The number of nitrogens with zero attached hydrogens (tertiary/aromatic N) is 1. The van der Waals surface area contributed by atoms with Crippen LogP contribution in [0.1, 0.15) is 12.0 Å². The normalized spacial score (nSPS) is 23.2. The molecule has 0 heterocycles. The molecule has 3 rings (SSSR count). The van der Waals surface area contributed by atoms with E-state index in [4.69, 9.17) is 4.74 Å². The Morgan fingerprint density at radius 2 is 1.90 bits per heavy atom. The summed E-state index contributed by atoms with van der Waals surface area (Å²) in [6, 6.07) is 6.33. The monoisotopic (exact) mass is 271 g/mol. The van der Waals surface area contributed by atoms with E-state index in [0.717, 1.165) is 17.6 Å². The van der Waals surface area contributed by atoms with Crippen molar-refractivity contribution >= 4 is 17.2 Å². The maximum atomic E-state index is 11.9. The third-order valence-electron chi connectivity index (χ3n) is 3.91. The lowest BCUT2D eigenvalue weighted by Gasteiger charge is -2.14. The van der Waals surface area contributed by atoms with E-state index in [-0.39, 0.29) is 23.5 Å². The van der Waals surface area contributed by atoms with Gasteiger partial charge in [-0.15, -0.1) is 0 Å². The van der Waals surface area contributed by atoms with Crippen LogP contribution in [0.2, 0.25) is 0 Å². The van der Waals surface area contributed by atoms with Crippen LogP contribution in [0.15, 0.2) is 42.0 Å². The summed E-state index contributed by atoms with van der Waals surface area (Å²) < 4.78 is 4.86. The number of nitro groups is 1. The zero-order valence-electron chi connectivity index (χ0n) is 10.9. The lowest BCUT2D eigenvalue weighted by atomic mass is 9.91. The molecular weight excluding hydrogens is 258 g/mol. The maximum absolute atomic E-state index is 11.9. The van der Waals surface area contributed by atoms with Gasteiger partial charge in [0.25, 0.3) is 5.69 Å². The van der Waals surface area contributed by atoms with E-state index in [0.29, 0.717) is 5.57 Å². The summed E-state index contributed by atoms with van der Waals surface area (Å²) in [6.07, 6.45) is 5.01. The number of carbonyl (C=O) groups excluding carboxylic acids is 1. The van der Waals surface area contributed by atoms with Crippen LogP contribution >= 0.6 is 0 Å². The SMILES string of the molecule is COC(=O)C1=C(c2ccc([N+](=O)[O-])cc2)C2C=CC1C2. The molecule has 2 unspecified atom stereocenters. The van der Waals surface area contributed by atoms with Crippen LogP contribution in [0, 0.1) is 22.0 Å². The van der Waals surface area contributed by atoms with E-state index in [9.17, 15) is 14.9 Å². The number of fused-ring (bicyclic) bond motifs is 2. The average Bonchev–Trinajstić information content (AvgIpc) is 3.07. The van der Waals surface area contributed by atoms with Gasteiger partial charge in [-0.3, -0.25) is 10.1 Å². The summed E-state index contributed by atoms with van der Waals surface area (Å²) in [5.41, 5.74) is 2.54. The van der Waals surface area contributed by atoms with Gasteiger partial charge in [0, 0.05) is 29.5 Å². The van der Waals surface area contributed by atoms with Crippen LogP contribution < -0.4 is 0 Å². The first-order chi connectivity index (χ1) is 9.61. The number of methoxy groups -OCH3 is 1. The second kappa shape index (κ2) is 4.59. The number of esters is 1. The van der Waals surface area contributed by atoms with Gasteiger partial charge in [-0.05, 0) is 29.7 Å². The molecule has 2 atom stereocenters. The molecule has 102 valence electrons. The lowest BCUT2D eigenvalue weighted by Crippen LogP contribution is -2.11. The van der Waals surface area contributed by atoms with Gasteiger partial charge in [0.1, 0.15) is 0 Å². The Balaban J connectivity index is 2.04. The van der Waals surface area contributed by atoms with Crippen molar-refractivity contribution in [3.05, 3.63) is 57.7 Å². The van der Waals surface area contributed by atoms with E-state index in [1.165, 1.54) is 19.2 Å². The first-order valence-corrected chi connectivity index (χ1v) is 6.37. The zero-order chi connectivity index (χ0) is 14.3. The minimum Gasteiger partial charge on any atom is -0.466 e. The molecule has 2 aliphatic carbocycles. The number of ether oxygens (including phenoxy) is 1. The van der Waals surface area contributed by atoms with Gasteiger partial charge < -0.3 is 4.74 Å². The molecule has 0 saturated heterocycles. The van der Waals surface area contributed by atoms with E-state index in [1.54, 1.807) is 12.1 Å². The van der Waals surface area contributed by atoms with Crippen LogP contribution in [-0.2, 0) is 9.53 Å². The molecule has 0 aromatic heterocycles. The fourth-order valence-electron chi connectivity index (χ4n) is 3.03. The molecule has 5 heteroatoms. The number of hydrogen-bond donors (Lipinski definition) is 0. The summed E-state index contributed by atoms with van der Waals surface area (Å²) in [5.74, 6) is 0.00315. The summed E-state index contributed by atoms with van der Waals surface area (Å²) in [6.45, 7) is 0. The van der Waals surface area contributed by atoms with Crippen LogP contribution in [0.5, 0.6) is 0 Å². The third-order valence-corrected chi connectivity index (χ3v) is 3.91. The third kappa shape index (κ3) is 1.82. The minimum atomic E-state index is -0.430. The summed E-state index contributed by atoms with van der Waals surface area (Å²) in [5, 5.41) is 10.7. The van der Waals surface area contributed by atoms with Gasteiger partial charge >= 0.3 is 5.97 Å². The number of rotatable bonds is 3. The molecule has 0 spiro atoms. The predicted octanol–water partition coefficient (Wildman–Crippen LogP) is 2.73. The summed E-state index contributed by atoms with van der Waals surface area (Å²) in [4.78, 5) is 22.2. The Morgan fingerprint density at radius 3 is 2.50 bits per heavy atom. The number of allylic oxidation sites excluding steroid dienone is 3. The molecule has 2 aliphatic rings. The van der Waals surface area contributed by atoms with Crippen molar-refractivity contribution < 1.29 is 14.5 Å². The highest BCUT2D eigenvalue weighted by atomic mass is 16.6. The van der Waals surface area contributed by atoms with Crippen molar-refractivity contribution in [1.29, 1.82) is 0 Å². The fraction of sp³-hybridized carbons (Fsp3) is 0.267. The highest BCUT2D eigenvalue weighted by molar-refractivity contribution is 6.01.